The van der Waals surface area contributed by atoms with Crippen LogP contribution in [0.4, 0.5) is 8.78 Å². The molecule has 1 aromatic rings. The second-order valence-electron chi connectivity index (χ2n) is 7.62. The molecule has 1 amide bonds. The smallest absolute Gasteiger partial charge is 0.387 e. The normalized spacial score (nSPS) is 19.3. The summed E-state index contributed by atoms with van der Waals surface area (Å²) in [6.07, 6.45) is 2.19. The highest BCUT2D eigenvalue weighted by atomic mass is 19.3. The second kappa shape index (κ2) is 10.6. The molecule has 0 aromatic heterocycles. The summed E-state index contributed by atoms with van der Waals surface area (Å²) in [5, 5.41) is 3.24. The fourth-order valence-electron chi connectivity index (χ4n) is 4.05. The lowest BCUT2D eigenvalue weighted by molar-refractivity contribution is -0.135. The summed E-state index contributed by atoms with van der Waals surface area (Å²) in [5.74, 6) is 1.09. The van der Waals surface area contributed by atoms with Crippen molar-refractivity contribution in [2.75, 3.05) is 46.3 Å². The maximum atomic E-state index is 12.7. The molecular formula is C21H31F2N5O2. The Balaban J connectivity index is 1.51. The first-order valence-corrected chi connectivity index (χ1v) is 10.5. The van der Waals surface area contributed by atoms with Gasteiger partial charge in [0.15, 0.2) is 5.96 Å². The van der Waals surface area contributed by atoms with Crippen LogP contribution in [-0.2, 0) is 11.3 Å². The van der Waals surface area contributed by atoms with Gasteiger partial charge in [-0.15, -0.1) is 0 Å². The topological polar surface area (TPSA) is 60.4 Å². The molecule has 166 valence electrons. The monoisotopic (exact) mass is 423 g/mol. The van der Waals surface area contributed by atoms with Gasteiger partial charge >= 0.3 is 6.61 Å². The zero-order chi connectivity index (χ0) is 21.5. The number of carbonyl (C=O) groups excluding carboxylic acids is 1. The summed E-state index contributed by atoms with van der Waals surface area (Å²) in [6, 6.07) is 6.62. The van der Waals surface area contributed by atoms with Crippen molar-refractivity contribution in [3.8, 4) is 5.75 Å². The number of piperazine rings is 1. The number of aliphatic imine (C=N–C) groups is 1. The highest BCUT2D eigenvalue weighted by Crippen LogP contribution is 2.20. The first-order valence-electron chi connectivity index (χ1n) is 10.5. The first kappa shape index (κ1) is 22.3. The van der Waals surface area contributed by atoms with Crippen molar-refractivity contribution < 1.29 is 18.3 Å². The molecule has 2 fully saturated rings. The minimum Gasteiger partial charge on any atom is -0.434 e. The Kier molecular flexibility index (Phi) is 7.84. The molecule has 0 spiro atoms. The number of amides is 1. The standard InChI is InChI=1S/C21H31F2N5O2/c1-16(19(29)27-9-5-6-10-27)26-11-13-28(14-12-26)21(24-2)25-15-17-7-3-4-8-18(17)30-20(22)23/h3-4,7-8,16,20H,5-6,9-15H2,1-2H3,(H,24,25). The third-order valence-electron chi connectivity index (χ3n) is 5.77. The molecule has 2 saturated heterocycles. The van der Waals surface area contributed by atoms with Crippen LogP contribution < -0.4 is 10.1 Å². The summed E-state index contributed by atoms with van der Waals surface area (Å²) < 4.78 is 29.8. The number of nitrogens with one attached hydrogen (secondary N) is 1. The number of para-hydroxylation sites is 1. The summed E-state index contributed by atoms with van der Waals surface area (Å²) in [7, 11) is 1.70. The zero-order valence-electron chi connectivity index (χ0n) is 17.7. The highest BCUT2D eigenvalue weighted by Gasteiger charge is 2.30. The minimum atomic E-state index is -2.86. The Morgan fingerprint density at radius 3 is 2.40 bits per heavy atom. The van der Waals surface area contributed by atoms with Gasteiger partial charge < -0.3 is 19.9 Å². The number of hydrogen-bond donors (Lipinski definition) is 1. The van der Waals surface area contributed by atoms with Gasteiger partial charge in [-0.2, -0.15) is 8.78 Å². The molecule has 3 rings (SSSR count). The fraction of sp³-hybridized carbons (Fsp3) is 0.619. The van der Waals surface area contributed by atoms with Gasteiger partial charge in [-0.05, 0) is 25.8 Å². The summed E-state index contributed by atoms with van der Waals surface area (Å²) in [4.78, 5) is 23.3. The molecule has 1 atom stereocenters. The maximum Gasteiger partial charge on any atom is 0.387 e. The molecule has 2 aliphatic rings. The second-order valence-corrected chi connectivity index (χ2v) is 7.62. The SMILES string of the molecule is CN=C(NCc1ccccc1OC(F)F)N1CCN(C(C)C(=O)N2CCCC2)CC1. The van der Waals surface area contributed by atoms with E-state index >= 15 is 0 Å². The van der Waals surface area contributed by atoms with Crippen molar-refractivity contribution in [2.24, 2.45) is 4.99 Å². The van der Waals surface area contributed by atoms with Gasteiger partial charge in [-0.1, -0.05) is 18.2 Å². The molecule has 2 heterocycles. The van der Waals surface area contributed by atoms with Crippen LogP contribution in [0, 0.1) is 0 Å². The van der Waals surface area contributed by atoms with Crippen molar-refractivity contribution in [1.29, 1.82) is 0 Å². The Labute approximate surface area is 176 Å². The number of nitrogens with zero attached hydrogens (tertiary/aromatic N) is 4. The van der Waals surface area contributed by atoms with Gasteiger partial charge in [0.05, 0.1) is 6.04 Å². The van der Waals surface area contributed by atoms with Crippen molar-refractivity contribution in [2.45, 2.75) is 39.0 Å². The van der Waals surface area contributed by atoms with Crippen LogP contribution in [0.1, 0.15) is 25.3 Å². The molecule has 0 saturated carbocycles. The molecule has 0 radical (unpaired) electrons. The van der Waals surface area contributed by atoms with Gasteiger partial charge in [0.1, 0.15) is 5.75 Å². The van der Waals surface area contributed by atoms with Gasteiger partial charge in [0.2, 0.25) is 5.91 Å². The van der Waals surface area contributed by atoms with Crippen LogP contribution in [0.3, 0.4) is 0 Å². The number of ether oxygens (including phenoxy) is 1. The number of likely N-dealkylation sites (tertiary alicyclic amines) is 1. The van der Waals surface area contributed by atoms with E-state index in [-0.39, 0.29) is 17.7 Å². The third kappa shape index (κ3) is 5.59. The van der Waals surface area contributed by atoms with Gasteiger partial charge in [-0.3, -0.25) is 14.7 Å². The van der Waals surface area contributed by atoms with Crippen LogP contribution in [0.25, 0.3) is 0 Å². The van der Waals surface area contributed by atoms with E-state index in [0.29, 0.717) is 18.1 Å². The van der Waals surface area contributed by atoms with Crippen LogP contribution >= 0.6 is 0 Å². The van der Waals surface area contributed by atoms with E-state index in [9.17, 15) is 13.6 Å². The number of rotatable bonds is 6. The quantitative estimate of drug-likeness (QED) is 0.560. The van der Waals surface area contributed by atoms with Crippen molar-refractivity contribution in [3.05, 3.63) is 29.8 Å². The van der Waals surface area contributed by atoms with E-state index in [1.165, 1.54) is 6.07 Å². The van der Waals surface area contributed by atoms with E-state index in [1.807, 2.05) is 11.8 Å². The zero-order valence-corrected chi connectivity index (χ0v) is 17.7. The molecule has 2 aliphatic heterocycles. The number of benzene rings is 1. The maximum absolute atomic E-state index is 12.7. The molecule has 1 unspecified atom stereocenters. The number of carbonyl (C=O) groups is 1. The molecule has 1 aromatic carbocycles. The van der Waals surface area contributed by atoms with Crippen LogP contribution in [-0.4, -0.2) is 85.5 Å². The van der Waals surface area contributed by atoms with E-state index in [1.54, 1.807) is 25.2 Å². The predicted octanol–water partition coefficient (Wildman–Crippen LogP) is 1.99. The number of guanidine groups is 1. The Morgan fingerprint density at radius 1 is 1.10 bits per heavy atom. The Hall–Kier alpha value is -2.42. The van der Waals surface area contributed by atoms with E-state index in [4.69, 9.17) is 0 Å². The van der Waals surface area contributed by atoms with E-state index in [0.717, 1.165) is 52.1 Å². The largest absolute Gasteiger partial charge is 0.434 e. The van der Waals surface area contributed by atoms with E-state index < -0.39 is 6.61 Å². The fourth-order valence-corrected chi connectivity index (χ4v) is 4.05. The molecule has 0 bridgehead atoms. The van der Waals surface area contributed by atoms with Crippen molar-refractivity contribution >= 4 is 11.9 Å². The van der Waals surface area contributed by atoms with Gasteiger partial charge in [-0.25, -0.2) is 0 Å². The number of halogens is 2. The van der Waals surface area contributed by atoms with Gasteiger partial charge in [0.25, 0.3) is 0 Å². The number of alkyl halides is 2. The minimum absolute atomic E-state index is 0.112. The molecular weight excluding hydrogens is 392 g/mol. The summed E-state index contributed by atoms with van der Waals surface area (Å²) >= 11 is 0. The molecule has 7 nitrogen and oxygen atoms in total. The highest BCUT2D eigenvalue weighted by molar-refractivity contribution is 5.82. The molecule has 1 N–H and O–H groups in total. The molecule has 9 heteroatoms. The van der Waals surface area contributed by atoms with E-state index in [2.05, 4.69) is 24.8 Å². The van der Waals surface area contributed by atoms with Crippen LogP contribution in [0.15, 0.2) is 29.3 Å². The first-order chi connectivity index (χ1) is 14.5. The third-order valence-corrected chi connectivity index (χ3v) is 5.77. The average molecular weight is 424 g/mol. The summed E-state index contributed by atoms with van der Waals surface area (Å²) in [5.41, 5.74) is 0.641. The van der Waals surface area contributed by atoms with Crippen LogP contribution in [0.2, 0.25) is 0 Å². The predicted molar refractivity (Wildman–Crippen MR) is 112 cm³/mol. The average Bonchev–Trinajstić information content (AvgIpc) is 3.29. The molecule has 30 heavy (non-hydrogen) atoms. The number of hydrogen-bond acceptors (Lipinski definition) is 4. The Morgan fingerprint density at radius 2 is 1.77 bits per heavy atom. The van der Waals surface area contributed by atoms with Crippen LogP contribution in [0.5, 0.6) is 5.75 Å². The molecule has 0 aliphatic carbocycles. The summed E-state index contributed by atoms with van der Waals surface area (Å²) in [6.45, 7) is 4.23. The van der Waals surface area contributed by atoms with Gasteiger partial charge in [0, 0.05) is 58.4 Å². The Bertz CT molecular complexity index is 732. The lowest BCUT2D eigenvalue weighted by Crippen LogP contribution is -2.57. The van der Waals surface area contributed by atoms with Crippen molar-refractivity contribution in [3.63, 3.8) is 0 Å². The van der Waals surface area contributed by atoms with Crippen molar-refractivity contribution in [1.82, 2.24) is 20.0 Å². The lowest BCUT2D eigenvalue weighted by Gasteiger charge is -2.39. The lowest BCUT2D eigenvalue weighted by atomic mass is 10.2.